The standard InChI is InChI=1S/C100H147ClN20O26S2/c1-9-63(6)89-97(142)104-29-45-148-58-67-16-12-17-68(107-67)59-149-60-79(95(140)116-100(7,8)99(144)114-75(47-62(4)5)94(139)115-89)113-91(136)74(46-61(2)3)110-90(135)73(23-26-84(125)126)109-96(141)80-20-13-30-121(80)98(143)78(49-65-53-106-72-22-21-66(101)50-70(65)72)112-92(137)76(48-64-52-105-71-19-11-10-18-69(64)71)111-93(138)77(51-85(127)128)108-82(123)25-24-81(122)102-27-14-39-145-41-43-147-44-42-146-40-15-28-103-83(124)54-117-31-33-118(55-86(129)130)35-37-120(57-88(133)134)38-36-119(34-32-117)56-87(131)132/h10-12,16-19,21-22,50,52-53,61-63,73-80,89,105-106H,9,13-15,20,23-49,51,54-60H2,1-8H3,(H,102,122)(H,103,124)(H,104,142)(H,108,123)(H,109,141)(H,110,135)(H,111,138)(H,112,137)(H,113,136)(H,114,144)(H,115,139)(H,116,140)(H,125,126)(H,127,128)(H,129,130)(H,131,132)(H,133,134)/t63-,73-,74+,75-,76-,77-,78-,79-,80-,89-/m0/s1. The number of aliphatic carboxylic acids is 5. The number of H-pyrrole nitrogens is 2. The van der Waals surface area contributed by atoms with Crippen LogP contribution < -0.4 is 63.8 Å². The molecule has 5 aromatic rings. The summed E-state index contributed by atoms with van der Waals surface area (Å²) in [5, 5.41) is 83.2. The normalized spacial score (nSPS) is 18.7. The lowest BCUT2D eigenvalue weighted by atomic mass is 9.96. The number of aromatic nitrogens is 3. The number of likely N-dealkylation sites (tertiary alicyclic amines) is 1. The van der Waals surface area contributed by atoms with Gasteiger partial charge in [-0.3, -0.25) is 111 Å². The van der Waals surface area contributed by atoms with Crippen molar-refractivity contribution in [1.82, 2.24) is 103 Å². The number of para-hydroxylation sites is 1. The van der Waals surface area contributed by atoms with Crippen molar-refractivity contribution >= 4 is 164 Å². The number of thioether (sulfide) groups is 2. The molecule has 2 saturated heterocycles. The van der Waals surface area contributed by atoms with Gasteiger partial charge < -0.3 is 118 Å². The van der Waals surface area contributed by atoms with Crippen LogP contribution in [0.1, 0.15) is 155 Å². The number of nitrogens with zero attached hydrogens (tertiary/aromatic N) is 6. The van der Waals surface area contributed by atoms with Crippen LogP contribution in [0.25, 0.3) is 21.8 Å². The zero-order chi connectivity index (χ0) is 109. The molecule has 0 spiro atoms. The van der Waals surface area contributed by atoms with E-state index in [-0.39, 0.29) is 198 Å². The third-order valence-corrected chi connectivity index (χ3v) is 27.5. The number of benzene rings is 2. The van der Waals surface area contributed by atoms with E-state index in [0.717, 1.165) is 5.69 Å². The Bertz CT molecular complexity index is 5310. The van der Waals surface area contributed by atoms with Crippen LogP contribution in [0.5, 0.6) is 0 Å². The molecule has 2 aromatic carbocycles. The van der Waals surface area contributed by atoms with Gasteiger partial charge in [0.25, 0.3) is 0 Å². The van der Waals surface area contributed by atoms with Crippen molar-refractivity contribution in [1.29, 1.82) is 0 Å². The number of carbonyl (C=O) groups excluding carboxylic acids is 13. The molecule has 2 fully saturated rings. The number of hydrogen-bond acceptors (Lipinski definition) is 28. The molecule has 0 saturated carbocycles. The van der Waals surface area contributed by atoms with Gasteiger partial charge in [-0.25, -0.2) is 0 Å². The number of hydrogen-bond donors (Lipinski definition) is 19. The molecule has 3 aliphatic rings. The Balaban J connectivity index is 0.873. The van der Waals surface area contributed by atoms with Gasteiger partial charge >= 0.3 is 29.8 Å². The number of fused-ring (bicyclic) bond motifs is 4. The summed E-state index contributed by atoms with van der Waals surface area (Å²) in [6, 6.07) is 4.23. The highest BCUT2D eigenvalue weighted by molar-refractivity contribution is 7.98. The smallest absolute Gasteiger partial charge is 0.317 e. The highest BCUT2D eigenvalue weighted by Gasteiger charge is 2.44. The maximum absolute atomic E-state index is 15.7. The molecule has 10 atom stereocenters. The number of nitrogens with one attached hydrogen (secondary N) is 14. The van der Waals surface area contributed by atoms with Gasteiger partial charge in [0.05, 0.1) is 70.4 Å². The summed E-state index contributed by atoms with van der Waals surface area (Å²) in [5.74, 6) is -15.9. The maximum Gasteiger partial charge on any atom is 0.317 e. The van der Waals surface area contributed by atoms with Crippen molar-refractivity contribution in [2.75, 3.05) is 156 Å². The van der Waals surface area contributed by atoms with Crippen molar-refractivity contribution < 1.29 is 126 Å². The number of pyridine rings is 1. The summed E-state index contributed by atoms with van der Waals surface area (Å²) >= 11 is 9.31. The quantitative estimate of drug-likeness (QED) is 0.0244. The Kier molecular flexibility index (Phi) is 51.7. The summed E-state index contributed by atoms with van der Waals surface area (Å²) in [6.45, 7) is 17.0. The first-order valence-corrected chi connectivity index (χ1v) is 53.2. The zero-order valence-corrected chi connectivity index (χ0v) is 88.2. The summed E-state index contributed by atoms with van der Waals surface area (Å²) in [6.07, 6.45) is 1.08. The molecule has 8 rings (SSSR count). The second-order valence-electron chi connectivity index (χ2n) is 38.7. The average Bonchev–Trinajstić information content (AvgIpc) is 1.65. The Hall–Kier alpha value is -12.2. The first kappa shape index (κ1) is 122. The molecule has 822 valence electrons. The molecular weight excluding hydrogens is 2000 g/mol. The molecule has 13 amide bonds. The zero-order valence-electron chi connectivity index (χ0n) is 85.8. The highest BCUT2D eigenvalue weighted by Crippen LogP contribution is 2.28. The van der Waals surface area contributed by atoms with Crippen LogP contribution in [0.3, 0.4) is 0 Å². The minimum Gasteiger partial charge on any atom is -0.481 e. The number of rotatable bonds is 52. The molecule has 0 aliphatic carbocycles. The number of carboxylic acids is 5. The minimum atomic E-state index is -1.84. The average molecular weight is 2140 g/mol. The number of halogens is 1. The molecular formula is C100H147ClN20O26S2. The molecule has 0 unspecified atom stereocenters. The number of aromatic amines is 2. The van der Waals surface area contributed by atoms with Crippen LogP contribution in [0.4, 0.5) is 0 Å². The monoisotopic (exact) mass is 2140 g/mol. The molecule has 49 heteroatoms. The number of carboxylic acid groups (broad SMARTS) is 5. The highest BCUT2D eigenvalue weighted by atomic mass is 35.5. The van der Waals surface area contributed by atoms with E-state index in [1.807, 2.05) is 44.7 Å². The molecule has 3 aliphatic heterocycles. The van der Waals surface area contributed by atoms with E-state index < -0.39 is 180 Å². The van der Waals surface area contributed by atoms with Crippen LogP contribution in [0, 0.1) is 17.8 Å². The van der Waals surface area contributed by atoms with E-state index in [0.29, 0.717) is 107 Å². The lowest BCUT2D eigenvalue weighted by Crippen LogP contribution is -2.64. The van der Waals surface area contributed by atoms with Crippen molar-refractivity contribution in [2.45, 2.75) is 217 Å². The van der Waals surface area contributed by atoms with E-state index in [1.165, 1.54) is 42.3 Å². The molecule has 0 radical (unpaired) electrons. The van der Waals surface area contributed by atoms with Gasteiger partial charge in [0.15, 0.2) is 0 Å². The van der Waals surface area contributed by atoms with Crippen LogP contribution in [0.2, 0.25) is 5.02 Å². The van der Waals surface area contributed by atoms with Crippen LogP contribution in [0.15, 0.2) is 73.1 Å². The number of amides is 13. The third-order valence-electron chi connectivity index (χ3n) is 25.2. The van der Waals surface area contributed by atoms with Crippen molar-refractivity contribution in [3.63, 3.8) is 0 Å². The van der Waals surface area contributed by atoms with E-state index in [1.54, 1.807) is 89.5 Å². The molecule has 6 heterocycles. The Labute approximate surface area is 879 Å². The number of ether oxygens (including phenoxy) is 3. The lowest BCUT2D eigenvalue weighted by Gasteiger charge is -2.32. The van der Waals surface area contributed by atoms with Crippen molar-refractivity contribution in [3.8, 4) is 0 Å². The predicted octanol–water partition coefficient (Wildman–Crippen LogP) is 1.34. The fourth-order valence-corrected chi connectivity index (χ4v) is 19.0. The SMILES string of the molecule is CC[C@H](C)[C@@H]1NC(=O)[C@H](CC(C)C)NC(=O)C(C)(C)NC(=O)[C@@H](NC(=O)[C@@H](CC(C)C)NC(=O)[C@H](CCC(=O)O)NC(=O)[C@@H]2CCCN2C(=O)[C@H](Cc2c[nH]c3ccc(Cl)cc23)NC(=O)[C@H](Cc2c[nH]c3ccccc23)NC(=O)[C@H](CC(=O)O)NC(=O)CCC(=O)NCCCOCCOCCOCCCNC(=O)CN2CCN(CC(=O)O)CCN(CC(=O)O)CCN(CC(=O)O)CC2)CSCc2cccc(n2)CSCCNC1=O. The summed E-state index contributed by atoms with van der Waals surface area (Å²) in [4.78, 5) is 267. The van der Waals surface area contributed by atoms with E-state index >= 15 is 19.2 Å². The van der Waals surface area contributed by atoms with E-state index in [2.05, 4.69) is 73.8 Å². The number of carbonyl (C=O) groups is 18. The first-order chi connectivity index (χ1) is 71.0. The van der Waals surface area contributed by atoms with Gasteiger partial charge in [-0.1, -0.05) is 83.8 Å². The lowest BCUT2D eigenvalue weighted by molar-refractivity contribution is -0.143. The fraction of sp³-hybridized carbons (Fsp3) is 0.610. The van der Waals surface area contributed by atoms with Gasteiger partial charge in [-0.15, -0.1) is 0 Å². The Morgan fingerprint density at radius 3 is 1.65 bits per heavy atom. The second-order valence-corrected chi connectivity index (χ2v) is 41.3. The summed E-state index contributed by atoms with van der Waals surface area (Å²) in [5.41, 5.74) is 1.74. The molecule has 46 nitrogen and oxygen atoms in total. The van der Waals surface area contributed by atoms with Crippen LogP contribution in [-0.4, -0.2) is 387 Å². The van der Waals surface area contributed by atoms with Gasteiger partial charge in [0.2, 0.25) is 76.8 Å². The van der Waals surface area contributed by atoms with E-state index in [4.69, 9.17) is 30.8 Å². The van der Waals surface area contributed by atoms with E-state index in [9.17, 15) is 92.7 Å². The Morgan fingerprint density at radius 1 is 0.530 bits per heavy atom. The van der Waals surface area contributed by atoms with Gasteiger partial charge in [0, 0.05) is 186 Å². The molecule has 149 heavy (non-hydrogen) atoms. The van der Waals surface area contributed by atoms with Crippen molar-refractivity contribution in [3.05, 3.63) is 101 Å². The predicted molar refractivity (Wildman–Crippen MR) is 554 cm³/mol. The fourth-order valence-electron chi connectivity index (χ4n) is 17.1. The first-order valence-electron chi connectivity index (χ1n) is 50.5. The van der Waals surface area contributed by atoms with Crippen molar-refractivity contribution in [2.24, 2.45) is 17.8 Å². The van der Waals surface area contributed by atoms with Gasteiger partial charge in [0.1, 0.15) is 59.9 Å². The largest absolute Gasteiger partial charge is 0.481 e. The van der Waals surface area contributed by atoms with Crippen LogP contribution in [-0.2, 0) is 125 Å². The minimum absolute atomic E-state index is 0.0224. The topological polar surface area (TPSA) is 641 Å². The summed E-state index contributed by atoms with van der Waals surface area (Å²) < 4.78 is 16.9. The molecule has 3 aromatic heterocycles. The second kappa shape index (κ2) is 63.1. The maximum atomic E-state index is 15.7. The molecule has 2 bridgehead atoms. The van der Waals surface area contributed by atoms with Gasteiger partial charge in [-0.05, 0) is 124 Å². The third kappa shape index (κ3) is 43.4. The summed E-state index contributed by atoms with van der Waals surface area (Å²) in [7, 11) is 0. The van der Waals surface area contributed by atoms with Gasteiger partial charge in [-0.2, -0.15) is 23.5 Å². The Morgan fingerprint density at radius 2 is 1.07 bits per heavy atom. The molecule has 19 N–H and O–H groups in total. The van der Waals surface area contributed by atoms with Crippen LogP contribution >= 0.6 is 35.1 Å².